The largest absolute Gasteiger partial charge is 0.276 e. The fourth-order valence-corrected chi connectivity index (χ4v) is 2.53. The Morgan fingerprint density at radius 3 is 2.16 bits per heavy atom. The summed E-state index contributed by atoms with van der Waals surface area (Å²) in [5, 5.41) is 1.11. The highest BCUT2D eigenvalue weighted by Gasteiger charge is 2.14. The molecule has 4 heteroatoms. The molecule has 94 valence electrons. The molecule has 1 heterocycles. The second kappa shape index (κ2) is 4.72. The van der Waals surface area contributed by atoms with E-state index in [4.69, 9.17) is 23.2 Å². The van der Waals surface area contributed by atoms with Gasteiger partial charge in [-0.3, -0.25) is 9.36 Å². The molecular weight excluding hydrogens is 281 g/mol. The van der Waals surface area contributed by atoms with E-state index in [2.05, 4.69) is 0 Å². The zero-order valence-corrected chi connectivity index (χ0v) is 11.3. The molecule has 3 rings (SSSR count). The lowest BCUT2D eigenvalue weighted by Gasteiger charge is -2.12. The van der Waals surface area contributed by atoms with E-state index >= 15 is 0 Å². The quantitative estimate of drug-likeness (QED) is 0.655. The average Bonchev–Trinajstić information content (AvgIpc) is 2.46. The first-order chi connectivity index (χ1) is 9.20. The minimum Gasteiger partial charge on any atom is -0.276 e. The van der Waals surface area contributed by atoms with Crippen LogP contribution in [0.15, 0.2) is 59.4 Å². The Labute approximate surface area is 119 Å². The standard InChI is InChI=1S/C15H9Cl2NO/c16-13-11-8-4-5-9-12(11)18(15(19)14(13)17)10-6-2-1-3-7-10/h1-9H. The van der Waals surface area contributed by atoms with Gasteiger partial charge in [-0.05, 0) is 18.2 Å². The molecule has 1 aromatic heterocycles. The van der Waals surface area contributed by atoms with Gasteiger partial charge in [0.05, 0.1) is 10.5 Å². The summed E-state index contributed by atoms with van der Waals surface area (Å²) >= 11 is 12.2. The Morgan fingerprint density at radius 2 is 1.42 bits per heavy atom. The maximum absolute atomic E-state index is 12.4. The molecule has 19 heavy (non-hydrogen) atoms. The number of fused-ring (bicyclic) bond motifs is 1. The van der Waals surface area contributed by atoms with Crippen LogP contribution in [0.5, 0.6) is 0 Å². The van der Waals surface area contributed by atoms with Crippen molar-refractivity contribution in [2.24, 2.45) is 0 Å². The SMILES string of the molecule is O=c1c(Cl)c(Cl)c2ccccc2n1-c1ccccc1. The van der Waals surface area contributed by atoms with Gasteiger partial charge in [-0.25, -0.2) is 0 Å². The molecule has 0 aliphatic heterocycles. The van der Waals surface area contributed by atoms with Crippen molar-refractivity contribution in [2.75, 3.05) is 0 Å². The summed E-state index contributed by atoms with van der Waals surface area (Å²) < 4.78 is 1.57. The molecule has 0 bridgehead atoms. The highest BCUT2D eigenvalue weighted by Crippen LogP contribution is 2.29. The van der Waals surface area contributed by atoms with Crippen molar-refractivity contribution in [1.82, 2.24) is 4.57 Å². The maximum Gasteiger partial charge on any atom is 0.275 e. The van der Waals surface area contributed by atoms with Crippen LogP contribution in [0.25, 0.3) is 16.6 Å². The highest BCUT2D eigenvalue weighted by molar-refractivity contribution is 6.45. The summed E-state index contributed by atoms with van der Waals surface area (Å²) in [6.07, 6.45) is 0. The van der Waals surface area contributed by atoms with E-state index < -0.39 is 0 Å². The van der Waals surface area contributed by atoms with Crippen LogP contribution in [-0.4, -0.2) is 4.57 Å². The number of halogens is 2. The number of benzene rings is 2. The molecule has 0 saturated carbocycles. The van der Waals surface area contributed by atoms with E-state index in [-0.39, 0.29) is 10.6 Å². The van der Waals surface area contributed by atoms with Gasteiger partial charge in [-0.15, -0.1) is 0 Å². The molecule has 0 aliphatic rings. The predicted octanol–water partition coefficient (Wildman–Crippen LogP) is 4.30. The summed E-state index contributed by atoms with van der Waals surface area (Å²) in [5.74, 6) is 0. The minimum atomic E-state index is -0.309. The second-order valence-corrected chi connectivity index (χ2v) is 4.88. The van der Waals surface area contributed by atoms with Crippen LogP contribution < -0.4 is 5.56 Å². The number of para-hydroxylation sites is 2. The van der Waals surface area contributed by atoms with Gasteiger partial charge in [0.15, 0.2) is 0 Å². The van der Waals surface area contributed by atoms with E-state index in [0.29, 0.717) is 5.02 Å². The molecule has 0 radical (unpaired) electrons. The normalized spacial score (nSPS) is 10.8. The number of rotatable bonds is 1. The molecular formula is C15H9Cl2NO. The van der Waals surface area contributed by atoms with Crippen LogP contribution in [0.1, 0.15) is 0 Å². The molecule has 2 aromatic carbocycles. The van der Waals surface area contributed by atoms with Crippen LogP contribution in [0.3, 0.4) is 0 Å². The van der Waals surface area contributed by atoms with Crippen LogP contribution >= 0.6 is 23.2 Å². The van der Waals surface area contributed by atoms with Gasteiger partial charge < -0.3 is 0 Å². The van der Waals surface area contributed by atoms with E-state index in [1.165, 1.54) is 0 Å². The predicted molar refractivity (Wildman–Crippen MR) is 79.6 cm³/mol. The number of pyridine rings is 1. The van der Waals surface area contributed by atoms with E-state index in [0.717, 1.165) is 16.6 Å². The molecule has 0 N–H and O–H groups in total. The average molecular weight is 290 g/mol. The molecule has 0 unspecified atom stereocenters. The fourth-order valence-electron chi connectivity index (χ4n) is 2.11. The van der Waals surface area contributed by atoms with E-state index in [1.54, 1.807) is 4.57 Å². The number of hydrogen-bond acceptors (Lipinski definition) is 1. The number of aromatic nitrogens is 1. The molecule has 0 fully saturated rings. The van der Waals surface area contributed by atoms with Crippen molar-refractivity contribution in [3.8, 4) is 5.69 Å². The topological polar surface area (TPSA) is 22.0 Å². The van der Waals surface area contributed by atoms with E-state index in [1.807, 2.05) is 54.6 Å². The lowest BCUT2D eigenvalue weighted by atomic mass is 10.2. The Hall–Kier alpha value is -1.77. The van der Waals surface area contributed by atoms with Gasteiger partial charge in [-0.2, -0.15) is 0 Å². The maximum atomic E-state index is 12.4. The van der Waals surface area contributed by atoms with Crippen LogP contribution in [0.4, 0.5) is 0 Å². The summed E-state index contributed by atoms with van der Waals surface area (Å²) in [4.78, 5) is 12.4. The molecule has 2 nitrogen and oxygen atoms in total. The molecule has 0 atom stereocenters. The number of hydrogen-bond donors (Lipinski definition) is 0. The van der Waals surface area contributed by atoms with Crippen molar-refractivity contribution < 1.29 is 0 Å². The van der Waals surface area contributed by atoms with Crippen LogP contribution in [-0.2, 0) is 0 Å². The van der Waals surface area contributed by atoms with Crippen LogP contribution in [0.2, 0.25) is 10.0 Å². The van der Waals surface area contributed by atoms with Crippen molar-refractivity contribution in [3.05, 3.63) is 75.0 Å². The van der Waals surface area contributed by atoms with Crippen molar-refractivity contribution >= 4 is 34.1 Å². The molecule has 0 spiro atoms. The Bertz CT molecular complexity index is 809. The molecule has 3 aromatic rings. The van der Waals surface area contributed by atoms with Crippen LogP contribution in [0, 0.1) is 0 Å². The lowest BCUT2D eigenvalue weighted by Crippen LogP contribution is -2.19. The third-order valence-corrected chi connectivity index (χ3v) is 3.82. The highest BCUT2D eigenvalue weighted by atomic mass is 35.5. The number of nitrogens with zero attached hydrogens (tertiary/aromatic N) is 1. The first-order valence-corrected chi connectivity index (χ1v) is 6.50. The van der Waals surface area contributed by atoms with Gasteiger partial charge >= 0.3 is 0 Å². The summed E-state index contributed by atoms with van der Waals surface area (Å²) in [7, 11) is 0. The third-order valence-electron chi connectivity index (χ3n) is 2.98. The van der Waals surface area contributed by atoms with Gasteiger partial charge in [0.2, 0.25) is 0 Å². The van der Waals surface area contributed by atoms with Crippen molar-refractivity contribution in [2.45, 2.75) is 0 Å². The zero-order valence-electron chi connectivity index (χ0n) is 9.81. The summed E-state index contributed by atoms with van der Waals surface area (Å²) in [6, 6.07) is 16.8. The monoisotopic (exact) mass is 289 g/mol. The Balaban J connectivity index is 2.52. The van der Waals surface area contributed by atoms with Gasteiger partial charge in [0, 0.05) is 11.1 Å². The van der Waals surface area contributed by atoms with Crippen molar-refractivity contribution in [1.29, 1.82) is 0 Å². The minimum absolute atomic E-state index is 0.0456. The smallest absolute Gasteiger partial charge is 0.275 e. The second-order valence-electron chi connectivity index (χ2n) is 4.12. The van der Waals surface area contributed by atoms with Gasteiger partial charge in [-0.1, -0.05) is 59.6 Å². The van der Waals surface area contributed by atoms with Gasteiger partial charge in [0.1, 0.15) is 5.02 Å². The third kappa shape index (κ3) is 1.93. The summed E-state index contributed by atoms with van der Waals surface area (Å²) in [5.41, 5.74) is 1.20. The zero-order chi connectivity index (χ0) is 13.4. The van der Waals surface area contributed by atoms with E-state index in [9.17, 15) is 4.79 Å². The molecule has 0 aliphatic carbocycles. The molecule has 0 amide bonds. The summed E-state index contributed by atoms with van der Waals surface area (Å²) in [6.45, 7) is 0. The first kappa shape index (κ1) is 12.3. The Morgan fingerprint density at radius 1 is 0.789 bits per heavy atom. The lowest BCUT2D eigenvalue weighted by molar-refractivity contribution is 1.04. The van der Waals surface area contributed by atoms with Gasteiger partial charge in [0.25, 0.3) is 5.56 Å². The molecule has 0 saturated heterocycles. The fraction of sp³-hybridized carbons (Fsp3) is 0. The Kier molecular flexibility index (Phi) is 3.05. The first-order valence-electron chi connectivity index (χ1n) is 5.74. The van der Waals surface area contributed by atoms with Crippen molar-refractivity contribution in [3.63, 3.8) is 0 Å².